The number of aromatic nitrogens is 1. The van der Waals surface area contributed by atoms with Crippen LogP contribution in [0.2, 0.25) is 0 Å². The number of benzene rings is 1. The number of nitrogens with zero attached hydrogens (tertiary/aromatic N) is 2. The maximum atomic E-state index is 12.3. The summed E-state index contributed by atoms with van der Waals surface area (Å²) in [5, 5.41) is 2.74. The van der Waals surface area contributed by atoms with Gasteiger partial charge in [-0.3, -0.25) is 9.59 Å². The van der Waals surface area contributed by atoms with Crippen LogP contribution in [0.5, 0.6) is 11.5 Å². The molecular formula is C20H25N3O4. The van der Waals surface area contributed by atoms with Crippen LogP contribution in [0.1, 0.15) is 34.8 Å². The highest BCUT2D eigenvalue weighted by atomic mass is 16.5. The van der Waals surface area contributed by atoms with Gasteiger partial charge in [-0.15, -0.1) is 0 Å². The lowest BCUT2D eigenvalue weighted by Gasteiger charge is -2.18. The molecule has 1 heterocycles. The first-order valence-corrected chi connectivity index (χ1v) is 8.90. The summed E-state index contributed by atoms with van der Waals surface area (Å²) >= 11 is 0. The van der Waals surface area contributed by atoms with Gasteiger partial charge in [-0.25, -0.2) is 4.98 Å². The van der Waals surface area contributed by atoms with Crippen molar-refractivity contribution in [3.8, 4) is 11.5 Å². The van der Waals surface area contributed by atoms with Crippen LogP contribution in [-0.4, -0.2) is 55.0 Å². The molecule has 2 aromatic rings. The van der Waals surface area contributed by atoms with E-state index in [9.17, 15) is 9.59 Å². The molecule has 0 aliphatic heterocycles. The highest BCUT2D eigenvalue weighted by Crippen LogP contribution is 2.16. The fourth-order valence-electron chi connectivity index (χ4n) is 2.45. The summed E-state index contributed by atoms with van der Waals surface area (Å²) in [7, 11) is 1.60. The van der Waals surface area contributed by atoms with Crippen LogP contribution in [0.25, 0.3) is 0 Å². The van der Waals surface area contributed by atoms with Gasteiger partial charge in [0, 0.05) is 13.1 Å². The van der Waals surface area contributed by atoms with Gasteiger partial charge in [-0.2, -0.15) is 0 Å². The van der Waals surface area contributed by atoms with Gasteiger partial charge in [0.15, 0.2) is 0 Å². The minimum absolute atomic E-state index is 0.183. The first-order chi connectivity index (χ1) is 13.1. The maximum absolute atomic E-state index is 12.3. The Morgan fingerprint density at radius 3 is 2.26 bits per heavy atom. The summed E-state index contributed by atoms with van der Waals surface area (Å²) in [6, 6.07) is 12.1. The molecule has 27 heavy (non-hydrogen) atoms. The van der Waals surface area contributed by atoms with Gasteiger partial charge >= 0.3 is 0 Å². The molecule has 0 saturated heterocycles. The van der Waals surface area contributed by atoms with E-state index >= 15 is 0 Å². The molecule has 7 nitrogen and oxygen atoms in total. The number of ether oxygens (including phenoxy) is 2. The second kappa shape index (κ2) is 10.2. The molecule has 0 bridgehead atoms. The Hall–Kier alpha value is -3.09. The Balaban J connectivity index is 1.86. The van der Waals surface area contributed by atoms with Gasteiger partial charge in [-0.1, -0.05) is 6.07 Å². The minimum atomic E-state index is -0.345. The number of carbonyl (C=O) groups is 2. The Morgan fingerprint density at radius 1 is 1.00 bits per heavy atom. The second-order valence-corrected chi connectivity index (χ2v) is 5.67. The average molecular weight is 371 g/mol. The fourth-order valence-corrected chi connectivity index (χ4v) is 2.45. The van der Waals surface area contributed by atoms with E-state index in [1.54, 1.807) is 54.5 Å². The van der Waals surface area contributed by atoms with Gasteiger partial charge < -0.3 is 19.7 Å². The third kappa shape index (κ3) is 5.70. The lowest BCUT2D eigenvalue weighted by Crippen LogP contribution is -2.32. The summed E-state index contributed by atoms with van der Waals surface area (Å²) < 4.78 is 10.6. The molecule has 0 unspecified atom stereocenters. The van der Waals surface area contributed by atoms with Gasteiger partial charge in [0.1, 0.15) is 29.5 Å². The van der Waals surface area contributed by atoms with Gasteiger partial charge in [-0.05, 0) is 50.2 Å². The zero-order valence-electron chi connectivity index (χ0n) is 15.9. The lowest BCUT2D eigenvalue weighted by molar-refractivity contribution is 0.0767. The molecule has 0 radical (unpaired) electrons. The van der Waals surface area contributed by atoms with E-state index in [4.69, 9.17) is 9.47 Å². The summed E-state index contributed by atoms with van der Waals surface area (Å²) in [6.07, 6.45) is 0. The van der Waals surface area contributed by atoms with Crippen LogP contribution < -0.4 is 14.8 Å². The monoisotopic (exact) mass is 371 g/mol. The van der Waals surface area contributed by atoms with Crippen molar-refractivity contribution in [2.45, 2.75) is 13.8 Å². The zero-order chi connectivity index (χ0) is 19.6. The molecule has 2 rings (SSSR count). The first-order valence-electron chi connectivity index (χ1n) is 8.90. The van der Waals surface area contributed by atoms with E-state index in [0.717, 1.165) is 5.75 Å². The lowest BCUT2D eigenvalue weighted by atomic mass is 10.2. The van der Waals surface area contributed by atoms with Crippen molar-refractivity contribution in [3.05, 3.63) is 53.9 Å². The Morgan fingerprint density at radius 2 is 1.63 bits per heavy atom. The van der Waals surface area contributed by atoms with Gasteiger partial charge in [0.2, 0.25) is 0 Å². The van der Waals surface area contributed by atoms with E-state index in [1.165, 1.54) is 0 Å². The number of rotatable bonds is 9. The van der Waals surface area contributed by atoms with Crippen molar-refractivity contribution in [1.82, 2.24) is 15.2 Å². The van der Waals surface area contributed by atoms with E-state index in [0.29, 0.717) is 32.0 Å². The van der Waals surface area contributed by atoms with Gasteiger partial charge in [0.25, 0.3) is 11.8 Å². The van der Waals surface area contributed by atoms with Crippen molar-refractivity contribution in [1.29, 1.82) is 0 Å². The van der Waals surface area contributed by atoms with Crippen molar-refractivity contribution in [2.75, 3.05) is 33.4 Å². The number of methoxy groups -OCH3 is 1. The summed E-state index contributed by atoms with van der Waals surface area (Å²) in [5.41, 5.74) is 0.471. The van der Waals surface area contributed by atoms with E-state index in [2.05, 4.69) is 10.3 Å². The molecule has 7 heteroatoms. The Labute approximate surface area is 159 Å². The molecular weight excluding hydrogens is 346 g/mol. The number of hydrogen-bond acceptors (Lipinski definition) is 5. The molecule has 2 amide bonds. The zero-order valence-corrected chi connectivity index (χ0v) is 15.9. The number of hydrogen-bond donors (Lipinski definition) is 1. The van der Waals surface area contributed by atoms with Gasteiger partial charge in [0.05, 0.1) is 13.7 Å². The topological polar surface area (TPSA) is 80.8 Å². The fraction of sp³-hybridized carbons (Fsp3) is 0.350. The van der Waals surface area contributed by atoms with Crippen molar-refractivity contribution in [3.63, 3.8) is 0 Å². The minimum Gasteiger partial charge on any atom is -0.497 e. The molecule has 0 spiro atoms. The molecule has 1 aromatic heterocycles. The Kier molecular flexibility index (Phi) is 7.61. The van der Waals surface area contributed by atoms with Crippen LogP contribution in [0.4, 0.5) is 0 Å². The van der Waals surface area contributed by atoms with E-state index in [-0.39, 0.29) is 23.2 Å². The highest BCUT2D eigenvalue weighted by molar-refractivity contribution is 5.96. The second-order valence-electron chi connectivity index (χ2n) is 5.67. The Bertz CT molecular complexity index is 758. The third-order valence-corrected chi connectivity index (χ3v) is 3.97. The number of nitrogens with one attached hydrogen (secondary N) is 1. The molecule has 0 saturated carbocycles. The summed E-state index contributed by atoms with van der Waals surface area (Å²) in [6.45, 7) is 5.63. The van der Waals surface area contributed by atoms with E-state index < -0.39 is 0 Å². The largest absolute Gasteiger partial charge is 0.497 e. The molecule has 0 aliphatic rings. The smallest absolute Gasteiger partial charge is 0.272 e. The van der Waals surface area contributed by atoms with E-state index in [1.807, 2.05) is 13.8 Å². The standard InChI is InChI=1S/C20H25N3O4/c1-4-23(5-2)20(25)18-8-6-7-17(22-18)19(24)21-13-14-27-16-11-9-15(26-3)10-12-16/h6-12H,4-5,13-14H2,1-3H3,(H,21,24). The SMILES string of the molecule is CCN(CC)C(=O)c1cccc(C(=O)NCCOc2ccc(OC)cc2)n1. The third-order valence-electron chi connectivity index (χ3n) is 3.97. The summed E-state index contributed by atoms with van der Waals surface area (Å²) in [4.78, 5) is 30.4. The quantitative estimate of drug-likeness (QED) is 0.685. The van der Waals surface area contributed by atoms with Crippen LogP contribution in [-0.2, 0) is 0 Å². The first kappa shape index (κ1) is 20.2. The van der Waals surface area contributed by atoms with Crippen LogP contribution in [0, 0.1) is 0 Å². The van der Waals surface area contributed by atoms with Crippen molar-refractivity contribution >= 4 is 11.8 Å². The molecule has 1 N–H and O–H groups in total. The predicted molar refractivity (Wildman–Crippen MR) is 102 cm³/mol. The summed E-state index contributed by atoms with van der Waals surface area (Å²) in [5.74, 6) is 0.913. The van der Waals surface area contributed by atoms with Crippen LogP contribution in [0.3, 0.4) is 0 Å². The number of pyridine rings is 1. The molecule has 0 aliphatic carbocycles. The molecule has 144 valence electrons. The maximum Gasteiger partial charge on any atom is 0.272 e. The molecule has 0 fully saturated rings. The van der Waals surface area contributed by atoms with Crippen LogP contribution in [0.15, 0.2) is 42.5 Å². The number of carbonyl (C=O) groups excluding carboxylic acids is 2. The number of amides is 2. The molecule has 1 aromatic carbocycles. The predicted octanol–water partition coefficient (Wildman–Crippen LogP) is 2.38. The average Bonchev–Trinajstić information content (AvgIpc) is 2.72. The van der Waals surface area contributed by atoms with Crippen molar-refractivity contribution < 1.29 is 19.1 Å². The highest BCUT2D eigenvalue weighted by Gasteiger charge is 2.16. The van der Waals surface area contributed by atoms with Crippen molar-refractivity contribution in [2.24, 2.45) is 0 Å². The normalized spacial score (nSPS) is 10.2. The molecule has 0 atom stereocenters. The van der Waals surface area contributed by atoms with Crippen LogP contribution >= 0.6 is 0 Å².